The molecule has 0 radical (unpaired) electrons. The number of nitrogens with zero attached hydrogens (tertiary/aromatic N) is 2. The van der Waals surface area contributed by atoms with Crippen LogP contribution in [0.15, 0.2) is 30.3 Å². The fourth-order valence-electron chi connectivity index (χ4n) is 2.05. The zero-order valence-electron chi connectivity index (χ0n) is 12.3. The third-order valence-electron chi connectivity index (χ3n) is 3.20. The number of hydrogen-bond acceptors (Lipinski definition) is 4. The van der Waals surface area contributed by atoms with Crippen molar-refractivity contribution in [3.05, 3.63) is 62.8 Å². The Kier molecular flexibility index (Phi) is 4.53. The Morgan fingerprint density at radius 3 is 2.52 bits per heavy atom. The highest BCUT2D eigenvalue weighted by atomic mass is 19.4. The van der Waals surface area contributed by atoms with Crippen molar-refractivity contribution in [2.75, 3.05) is 0 Å². The Balaban J connectivity index is 2.41. The summed E-state index contributed by atoms with van der Waals surface area (Å²) in [5.41, 5.74) is -0.984. The van der Waals surface area contributed by atoms with E-state index in [1.165, 1.54) is 0 Å². The minimum absolute atomic E-state index is 0.149. The van der Waals surface area contributed by atoms with Gasteiger partial charge in [-0.1, -0.05) is 12.1 Å². The number of aryl methyl sites for hydroxylation is 2. The maximum atomic E-state index is 13.1. The Hall–Kier alpha value is -2.64. The molecule has 1 aromatic carbocycles. The van der Waals surface area contributed by atoms with Crippen molar-refractivity contribution in [1.82, 2.24) is 4.98 Å². The third kappa shape index (κ3) is 3.77. The largest absolute Gasteiger partial charge is 0.472 e. The van der Waals surface area contributed by atoms with Crippen molar-refractivity contribution in [1.29, 1.82) is 0 Å². The average molecular weight is 326 g/mol. The summed E-state index contributed by atoms with van der Waals surface area (Å²) < 4.78 is 44.5. The van der Waals surface area contributed by atoms with Crippen LogP contribution in [0.1, 0.15) is 22.4 Å². The molecule has 0 spiro atoms. The van der Waals surface area contributed by atoms with Crippen LogP contribution in [-0.2, 0) is 12.8 Å². The first-order valence-corrected chi connectivity index (χ1v) is 6.60. The highest BCUT2D eigenvalue weighted by Crippen LogP contribution is 2.36. The van der Waals surface area contributed by atoms with Gasteiger partial charge in [0.05, 0.1) is 16.1 Å². The summed E-state index contributed by atoms with van der Waals surface area (Å²) in [5, 5.41) is 11.0. The highest BCUT2D eigenvalue weighted by molar-refractivity contribution is 5.46. The number of nitro benzene ring substituents is 1. The molecule has 2 rings (SSSR count). The van der Waals surface area contributed by atoms with Crippen LogP contribution in [0.3, 0.4) is 0 Å². The van der Waals surface area contributed by atoms with Crippen LogP contribution in [0.5, 0.6) is 5.88 Å². The van der Waals surface area contributed by atoms with E-state index in [0.29, 0.717) is 11.3 Å². The highest BCUT2D eigenvalue weighted by Gasteiger charge is 2.36. The smallest absolute Gasteiger partial charge is 0.417 e. The van der Waals surface area contributed by atoms with Crippen molar-refractivity contribution in [3.8, 4) is 5.88 Å². The van der Waals surface area contributed by atoms with Gasteiger partial charge in [-0.05, 0) is 26.0 Å². The third-order valence-corrected chi connectivity index (χ3v) is 3.20. The number of alkyl halides is 3. The summed E-state index contributed by atoms with van der Waals surface area (Å²) in [6.45, 7) is 2.80. The second-order valence-electron chi connectivity index (χ2n) is 4.92. The van der Waals surface area contributed by atoms with Crippen LogP contribution < -0.4 is 4.74 Å². The standard InChI is InChI=1S/C15H13F3N2O3/c1-9-6-7-10(2)19-14(9)23-8-11-12(15(16,17)18)4-3-5-13(11)20(21)22/h3-7H,8H2,1-2H3. The van der Waals surface area contributed by atoms with Crippen molar-refractivity contribution < 1.29 is 22.8 Å². The zero-order chi connectivity index (χ0) is 17.2. The van der Waals surface area contributed by atoms with Crippen molar-refractivity contribution in [2.24, 2.45) is 0 Å². The molecule has 0 aliphatic carbocycles. The van der Waals surface area contributed by atoms with Crippen molar-refractivity contribution in [2.45, 2.75) is 26.6 Å². The number of pyridine rings is 1. The van der Waals surface area contributed by atoms with Gasteiger partial charge in [-0.15, -0.1) is 0 Å². The van der Waals surface area contributed by atoms with E-state index >= 15 is 0 Å². The first-order valence-electron chi connectivity index (χ1n) is 6.60. The first-order chi connectivity index (χ1) is 10.7. The topological polar surface area (TPSA) is 65.3 Å². The van der Waals surface area contributed by atoms with E-state index in [1.807, 2.05) is 0 Å². The Labute approximate surface area is 129 Å². The minimum atomic E-state index is -4.71. The van der Waals surface area contributed by atoms with Crippen molar-refractivity contribution in [3.63, 3.8) is 0 Å². The molecule has 2 aromatic rings. The molecule has 0 amide bonds. The molecule has 1 aromatic heterocycles. The number of hydrogen-bond donors (Lipinski definition) is 0. The second kappa shape index (κ2) is 6.23. The molecule has 0 atom stereocenters. The van der Waals surface area contributed by atoms with Crippen molar-refractivity contribution >= 4 is 5.69 Å². The number of halogens is 3. The summed E-state index contributed by atoms with van der Waals surface area (Å²) >= 11 is 0. The number of aromatic nitrogens is 1. The summed E-state index contributed by atoms with van der Waals surface area (Å²) in [6, 6.07) is 6.25. The zero-order valence-corrected chi connectivity index (χ0v) is 12.3. The molecular formula is C15H13F3N2O3. The lowest BCUT2D eigenvalue weighted by molar-refractivity contribution is -0.386. The van der Waals surface area contributed by atoms with E-state index in [1.54, 1.807) is 26.0 Å². The maximum absolute atomic E-state index is 13.1. The molecule has 8 heteroatoms. The van der Waals surface area contributed by atoms with E-state index in [-0.39, 0.29) is 5.88 Å². The van der Waals surface area contributed by atoms with Gasteiger partial charge in [-0.3, -0.25) is 10.1 Å². The fourth-order valence-corrected chi connectivity index (χ4v) is 2.05. The van der Waals surface area contributed by atoms with E-state index in [9.17, 15) is 23.3 Å². The molecule has 0 unspecified atom stereocenters. The number of nitro groups is 1. The molecule has 0 saturated heterocycles. The lowest BCUT2D eigenvalue weighted by Crippen LogP contribution is -2.13. The molecule has 1 heterocycles. The molecule has 0 bridgehead atoms. The van der Waals surface area contributed by atoms with Gasteiger partial charge in [0.15, 0.2) is 0 Å². The fraction of sp³-hybridized carbons (Fsp3) is 0.267. The predicted molar refractivity (Wildman–Crippen MR) is 76.1 cm³/mol. The number of benzene rings is 1. The first kappa shape index (κ1) is 16.7. The second-order valence-corrected chi connectivity index (χ2v) is 4.92. The molecule has 0 saturated carbocycles. The van der Waals surface area contributed by atoms with Crippen LogP contribution >= 0.6 is 0 Å². The van der Waals surface area contributed by atoms with E-state index in [2.05, 4.69) is 4.98 Å². The quantitative estimate of drug-likeness (QED) is 0.624. The summed E-state index contributed by atoms with van der Waals surface area (Å²) in [5.74, 6) is 0.149. The summed E-state index contributed by atoms with van der Waals surface area (Å²) in [7, 11) is 0. The molecule has 23 heavy (non-hydrogen) atoms. The van der Waals surface area contributed by atoms with Gasteiger partial charge in [0.1, 0.15) is 6.61 Å². The Bertz CT molecular complexity index is 745. The molecule has 0 aliphatic rings. The molecule has 5 nitrogen and oxygen atoms in total. The molecule has 0 N–H and O–H groups in total. The van der Waals surface area contributed by atoms with E-state index < -0.39 is 34.5 Å². The SMILES string of the molecule is Cc1ccc(C)c(OCc2c([N+](=O)[O-])cccc2C(F)(F)F)n1. The molecule has 0 aliphatic heterocycles. The van der Waals surface area contributed by atoms with E-state index in [0.717, 1.165) is 18.2 Å². The van der Waals surface area contributed by atoms with Gasteiger partial charge >= 0.3 is 6.18 Å². The van der Waals surface area contributed by atoms with Crippen LogP contribution in [0.4, 0.5) is 18.9 Å². The lowest BCUT2D eigenvalue weighted by atomic mass is 10.1. The Morgan fingerprint density at radius 2 is 1.91 bits per heavy atom. The van der Waals surface area contributed by atoms with E-state index in [4.69, 9.17) is 4.74 Å². The van der Waals surface area contributed by atoms with Gasteiger partial charge in [-0.2, -0.15) is 13.2 Å². The van der Waals surface area contributed by atoms with Crippen LogP contribution in [0.2, 0.25) is 0 Å². The molecule has 0 fully saturated rings. The molecular weight excluding hydrogens is 313 g/mol. The Morgan fingerprint density at radius 1 is 1.22 bits per heavy atom. The van der Waals surface area contributed by atoms with Gasteiger partial charge < -0.3 is 4.74 Å². The predicted octanol–water partition coefficient (Wildman–Crippen LogP) is 4.20. The minimum Gasteiger partial charge on any atom is -0.472 e. The molecule has 122 valence electrons. The van der Waals surface area contributed by atoms with Gasteiger partial charge in [0.2, 0.25) is 5.88 Å². The summed E-state index contributed by atoms with van der Waals surface area (Å²) in [4.78, 5) is 14.2. The summed E-state index contributed by atoms with van der Waals surface area (Å²) in [6.07, 6.45) is -4.71. The van der Waals surface area contributed by atoms with Gasteiger partial charge in [-0.25, -0.2) is 4.98 Å². The van der Waals surface area contributed by atoms with Gasteiger partial charge in [0.25, 0.3) is 5.69 Å². The lowest BCUT2D eigenvalue weighted by Gasteiger charge is -2.14. The van der Waals surface area contributed by atoms with Gasteiger partial charge in [0, 0.05) is 17.3 Å². The number of ether oxygens (including phenoxy) is 1. The average Bonchev–Trinajstić information content (AvgIpc) is 2.46. The maximum Gasteiger partial charge on any atom is 0.417 e. The number of rotatable bonds is 4. The monoisotopic (exact) mass is 326 g/mol. The van der Waals surface area contributed by atoms with Crippen LogP contribution in [0.25, 0.3) is 0 Å². The normalized spacial score (nSPS) is 11.3. The van der Waals surface area contributed by atoms with Crippen LogP contribution in [-0.4, -0.2) is 9.91 Å². The van der Waals surface area contributed by atoms with Crippen LogP contribution in [0, 0.1) is 24.0 Å².